The Hall–Kier alpha value is -1.43. The van der Waals surface area contributed by atoms with E-state index in [0.29, 0.717) is 24.7 Å². The minimum atomic E-state index is -0.423. The summed E-state index contributed by atoms with van der Waals surface area (Å²) in [6.45, 7) is 1.20. The van der Waals surface area contributed by atoms with Crippen LogP contribution in [0.1, 0.15) is 56.7 Å². The van der Waals surface area contributed by atoms with E-state index in [0.717, 1.165) is 45.1 Å². The van der Waals surface area contributed by atoms with Crippen LogP contribution in [0.4, 0.5) is 0 Å². The molecule has 1 aliphatic heterocycles. The van der Waals surface area contributed by atoms with Crippen molar-refractivity contribution in [1.82, 2.24) is 15.0 Å². The van der Waals surface area contributed by atoms with Gasteiger partial charge < -0.3 is 15.2 Å². The molecule has 6 heteroatoms. The van der Waals surface area contributed by atoms with Crippen LogP contribution in [0.3, 0.4) is 0 Å². The van der Waals surface area contributed by atoms with Crippen LogP contribution in [0.2, 0.25) is 0 Å². The summed E-state index contributed by atoms with van der Waals surface area (Å²) in [7, 11) is 0. The largest absolute Gasteiger partial charge is 0.337 e. The van der Waals surface area contributed by atoms with Crippen molar-refractivity contribution in [2.75, 3.05) is 6.54 Å². The number of nitrogens with two attached hydrogens (primary N) is 1. The number of piperidine rings is 1. The predicted octanol–water partition coefficient (Wildman–Crippen LogP) is 1.31. The van der Waals surface area contributed by atoms with Gasteiger partial charge in [-0.15, -0.1) is 0 Å². The molecule has 1 aromatic heterocycles. The molecule has 2 heterocycles. The van der Waals surface area contributed by atoms with E-state index in [9.17, 15) is 4.79 Å². The molecule has 0 atom stereocenters. The second kappa shape index (κ2) is 4.92. The van der Waals surface area contributed by atoms with Crippen LogP contribution in [0.15, 0.2) is 4.52 Å². The number of rotatable bonds is 3. The molecule has 1 saturated heterocycles. The van der Waals surface area contributed by atoms with Crippen molar-refractivity contribution in [3.63, 3.8) is 0 Å². The molecule has 1 amide bonds. The first-order chi connectivity index (χ1) is 9.17. The maximum Gasteiger partial charge on any atom is 0.246 e. The van der Waals surface area contributed by atoms with E-state index in [4.69, 9.17) is 10.3 Å². The summed E-state index contributed by atoms with van der Waals surface area (Å²) in [6, 6.07) is 0. The van der Waals surface area contributed by atoms with Crippen molar-refractivity contribution < 1.29 is 9.32 Å². The van der Waals surface area contributed by atoms with Gasteiger partial charge in [0.05, 0.1) is 12.1 Å². The fourth-order valence-electron chi connectivity index (χ4n) is 2.94. The standard InChI is InChI=1S/C13H20N4O2/c14-13(6-2-3-7-13)12-15-10(19-16-12)9-17-8-4-1-5-11(17)18/h1-9,14H2. The quantitative estimate of drug-likeness (QED) is 0.889. The Morgan fingerprint density at radius 3 is 2.79 bits per heavy atom. The number of aromatic nitrogens is 2. The van der Waals surface area contributed by atoms with Gasteiger partial charge in [0.2, 0.25) is 11.8 Å². The van der Waals surface area contributed by atoms with E-state index < -0.39 is 5.54 Å². The molecule has 1 aromatic rings. The molecule has 0 aromatic carbocycles. The van der Waals surface area contributed by atoms with Crippen molar-refractivity contribution in [3.05, 3.63) is 11.7 Å². The highest BCUT2D eigenvalue weighted by molar-refractivity contribution is 5.76. The molecular weight excluding hydrogens is 244 g/mol. The third-order valence-electron chi connectivity index (χ3n) is 4.16. The fourth-order valence-corrected chi connectivity index (χ4v) is 2.94. The molecule has 3 rings (SSSR count). The summed E-state index contributed by atoms with van der Waals surface area (Å²) in [4.78, 5) is 17.9. The van der Waals surface area contributed by atoms with Crippen molar-refractivity contribution in [1.29, 1.82) is 0 Å². The van der Waals surface area contributed by atoms with Crippen LogP contribution in [0, 0.1) is 0 Å². The van der Waals surface area contributed by atoms with Crippen molar-refractivity contribution in [2.45, 2.75) is 57.0 Å². The Balaban J connectivity index is 1.69. The van der Waals surface area contributed by atoms with E-state index in [1.807, 2.05) is 0 Å². The zero-order valence-corrected chi connectivity index (χ0v) is 11.1. The van der Waals surface area contributed by atoms with Gasteiger partial charge in [-0.05, 0) is 25.7 Å². The molecule has 0 spiro atoms. The number of hydrogen-bond acceptors (Lipinski definition) is 5. The molecule has 1 aliphatic carbocycles. The Kier molecular flexibility index (Phi) is 3.26. The van der Waals surface area contributed by atoms with Gasteiger partial charge in [-0.1, -0.05) is 18.0 Å². The molecular formula is C13H20N4O2. The molecule has 19 heavy (non-hydrogen) atoms. The van der Waals surface area contributed by atoms with Gasteiger partial charge in [0.15, 0.2) is 5.82 Å². The van der Waals surface area contributed by atoms with Crippen LogP contribution < -0.4 is 5.73 Å². The monoisotopic (exact) mass is 264 g/mol. The van der Waals surface area contributed by atoms with Gasteiger partial charge in [-0.25, -0.2) is 0 Å². The summed E-state index contributed by atoms with van der Waals surface area (Å²) in [5.74, 6) is 1.28. The molecule has 2 aliphatic rings. The van der Waals surface area contributed by atoms with Crippen LogP contribution in [0.5, 0.6) is 0 Å². The molecule has 0 unspecified atom stereocenters. The normalized spacial score (nSPS) is 23.0. The number of carbonyl (C=O) groups is 1. The average molecular weight is 264 g/mol. The minimum absolute atomic E-state index is 0.175. The fraction of sp³-hybridized carbons (Fsp3) is 0.769. The van der Waals surface area contributed by atoms with Gasteiger partial charge in [-0.2, -0.15) is 4.98 Å². The van der Waals surface area contributed by atoms with Gasteiger partial charge in [-0.3, -0.25) is 4.79 Å². The molecule has 1 saturated carbocycles. The third-order valence-corrected chi connectivity index (χ3v) is 4.16. The van der Waals surface area contributed by atoms with Crippen LogP contribution in [-0.2, 0) is 16.9 Å². The zero-order chi connectivity index (χ0) is 13.3. The number of nitrogens with zero attached hydrogens (tertiary/aromatic N) is 3. The lowest BCUT2D eigenvalue weighted by molar-refractivity contribution is -0.134. The van der Waals surface area contributed by atoms with Gasteiger partial charge in [0.25, 0.3) is 0 Å². The Morgan fingerprint density at radius 2 is 2.05 bits per heavy atom. The molecule has 2 fully saturated rings. The van der Waals surface area contributed by atoms with E-state index in [1.54, 1.807) is 4.90 Å². The molecule has 0 bridgehead atoms. The van der Waals surface area contributed by atoms with Crippen LogP contribution >= 0.6 is 0 Å². The average Bonchev–Trinajstić information content (AvgIpc) is 3.02. The van der Waals surface area contributed by atoms with Crippen molar-refractivity contribution in [2.24, 2.45) is 5.73 Å². The first-order valence-corrected chi connectivity index (χ1v) is 7.07. The number of amides is 1. The van der Waals surface area contributed by atoms with E-state index >= 15 is 0 Å². The summed E-state index contributed by atoms with van der Waals surface area (Å²) >= 11 is 0. The Labute approximate surface area is 112 Å². The summed E-state index contributed by atoms with van der Waals surface area (Å²) in [5, 5.41) is 4.01. The lowest BCUT2D eigenvalue weighted by Crippen LogP contribution is -2.35. The predicted molar refractivity (Wildman–Crippen MR) is 67.9 cm³/mol. The summed E-state index contributed by atoms with van der Waals surface area (Å²) in [6.07, 6.45) is 6.71. The maximum atomic E-state index is 11.7. The summed E-state index contributed by atoms with van der Waals surface area (Å²) < 4.78 is 5.26. The highest BCUT2D eigenvalue weighted by Crippen LogP contribution is 2.34. The lowest BCUT2D eigenvalue weighted by Gasteiger charge is -2.24. The first-order valence-electron chi connectivity index (χ1n) is 7.07. The lowest BCUT2D eigenvalue weighted by atomic mass is 9.99. The van der Waals surface area contributed by atoms with Crippen LogP contribution in [-0.4, -0.2) is 27.5 Å². The highest BCUT2D eigenvalue weighted by atomic mass is 16.5. The molecule has 6 nitrogen and oxygen atoms in total. The topological polar surface area (TPSA) is 85.2 Å². The second-order valence-electron chi connectivity index (χ2n) is 5.65. The molecule has 0 radical (unpaired) electrons. The van der Waals surface area contributed by atoms with Gasteiger partial charge in [0.1, 0.15) is 0 Å². The Morgan fingerprint density at radius 1 is 1.26 bits per heavy atom. The Bertz CT molecular complexity index is 465. The van der Waals surface area contributed by atoms with E-state index in [2.05, 4.69) is 10.1 Å². The zero-order valence-electron chi connectivity index (χ0n) is 11.1. The third kappa shape index (κ3) is 2.49. The maximum absolute atomic E-state index is 11.7. The number of likely N-dealkylation sites (tertiary alicyclic amines) is 1. The van der Waals surface area contributed by atoms with E-state index in [1.165, 1.54) is 0 Å². The highest BCUT2D eigenvalue weighted by Gasteiger charge is 2.36. The van der Waals surface area contributed by atoms with Gasteiger partial charge in [0, 0.05) is 13.0 Å². The smallest absolute Gasteiger partial charge is 0.246 e. The van der Waals surface area contributed by atoms with Crippen molar-refractivity contribution in [3.8, 4) is 0 Å². The SMILES string of the molecule is NC1(c2noc(CN3CCCCC3=O)n2)CCCC1. The van der Waals surface area contributed by atoms with E-state index in [-0.39, 0.29) is 5.91 Å². The summed E-state index contributed by atoms with van der Waals surface area (Å²) in [5.41, 5.74) is 5.87. The first kappa shape index (κ1) is 12.6. The second-order valence-corrected chi connectivity index (χ2v) is 5.65. The minimum Gasteiger partial charge on any atom is -0.337 e. The number of hydrogen-bond donors (Lipinski definition) is 1. The molecule has 2 N–H and O–H groups in total. The van der Waals surface area contributed by atoms with Gasteiger partial charge >= 0.3 is 0 Å². The molecule has 104 valence electrons. The number of carbonyl (C=O) groups excluding carboxylic acids is 1. The van der Waals surface area contributed by atoms with Crippen molar-refractivity contribution >= 4 is 5.91 Å². The van der Waals surface area contributed by atoms with Crippen LogP contribution in [0.25, 0.3) is 0 Å².